The van der Waals surface area contributed by atoms with Crippen LogP contribution in [0.25, 0.3) is 11.2 Å². The van der Waals surface area contributed by atoms with Crippen LogP contribution in [-0.4, -0.2) is 43.8 Å². The average Bonchev–Trinajstić information content (AvgIpc) is 2.84. The summed E-state index contributed by atoms with van der Waals surface area (Å²) in [6.07, 6.45) is 1.41. The predicted molar refractivity (Wildman–Crippen MR) is 128 cm³/mol. The number of nitrogens with zero attached hydrogens (tertiary/aromatic N) is 3. The van der Waals surface area contributed by atoms with Crippen molar-refractivity contribution < 1.29 is 23.4 Å². The lowest BCUT2D eigenvalue weighted by Gasteiger charge is -2.16. The number of carbonyl (C=O) groups is 3. The van der Waals surface area contributed by atoms with Crippen molar-refractivity contribution in [3.63, 3.8) is 0 Å². The molecule has 13 nitrogen and oxygen atoms in total. The lowest BCUT2D eigenvalue weighted by molar-refractivity contribution is -0.136. The molecule has 2 heterocycles. The first-order valence-electron chi connectivity index (χ1n) is 9.77. The van der Waals surface area contributed by atoms with Gasteiger partial charge in [0.05, 0.1) is 37.4 Å². The quantitative estimate of drug-likeness (QED) is 0.295. The van der Waals surface area contributed by atoms with Crippen LogP contribution >= 0.6 is 18.9 Å². The van der Waals surface area contributed by atoms with E-state index in [0.29, 0.717) is 16.9 Å². The molecule has 3 atom stereocenters. The minimum Gasteiger partial charge on any atom is -0.452 e. The van der Waals surface area contributed by atoms with Crippen LogP contribution in [0.3, 0.4) is 0 Å². The molecule has 3 aromatic rings. The van der Waals surface area contributed by atoms with E-state index in [2.05, 4.69) is 39.6 Å². The summed E-state index contributed by atoms with van der Waals surface area (Å²) in [6, 6.07) is 5.41. The summed E-state index contributed by atoms with van der Waals surface area (Å²) >= 11 is 0. The Labute approximate surface area is 197 Å². The standard InChI is InChI=1S/C19H21N7O6P2/c20-19-25-15-14(17(29)26-19)23-11(8-22-15)7-21-10-3-1-9(2-4-10)16(28)24-12(18(30)32-34)5-6-13(27)31-33/h1-4,8,12,21H,5-7,33-34H2,(H,24,28)(H3,20,22,25,26,29)/t12-/m0/s1. The number of benzene rings is 1. The molecule has 0 fully saturated rings. The molecule has 1 amide bonds. The molecule has 0 aliphatic heterocycles. The number of nitrogen functional groups attached to an aromatic ring is 1. The van der Waals surface area contributed by atoms with Crippen molar-refractivity contribution in [2.75, 3.05) is 11.1 Å². The zero-order valence-electron chi connectivity index (χ0n) is 17.6. The zero-order chi connectivity index (χ0) is 24.7. The van der Waals surface area contributed by atoms with Gasteiger partial charge in [-0.1, -0.05) is 0 Å². The SMILES string of the molecule is Nc1nc2ncc(CNc3ccc(C(=O)N[C@@H](CCC(=O)OP)C(=O)OP)cc3)nc2c(=O)[nH]1. The van der Waals surface area contributed by atoms with E-state index in [1.807, 2.05) is 18.9 Å². The molecule has 0 spiro atoms. The molecule has 2 unspecified atom stereocenters. The van der Waals surface area contributed by atoms with Crippen molar-refractivity contribution in [3.8, 4) is 0 Å². The summed E-state index contributed by atoms with van der Waals surface area (Å²) in [6.45, 7) is 0.256. The molecule has 0 saturated heterocycles. The largest absolute Gasteiger partial charge is 0.452 e. The number of H-pyrrole nitrogens is 1. The number of anilines is 2. The average molecular weight is 505 g/mol. The van der Waals surface area contributed by atoms with Crippen LogP contribution in [0.2, 0.25) is 0 Å². The Morgan fingerprint density at radius 1 is 1.12 bits per heavy atom. The van der Waals surface area contributed by atoms with Gasteiger partial charge in [-0.25, -0.2) is 14.8 Å². The van der Waals surface area contributed by atoms with Crippen LogP contribution in [0.4, 0.5) is 11.6 Å². The fraction of sp³-hybridized carbons (Fsp3) is 0.211. The van der Waals surface area contributed by atoms with Gasteiger partial charge in [-0.2, -0.15) is 4.98 Å². The van der Waals surface area contributed by atoms with E-state index in [4.69, 9.17) is 5.73 Å². The summed E-state index contributed by atoms with van der Waals surface area (Å²) in [7, 11) is 3.64. The maximum atomic E-state index is 12.5. The van der Waals surface area contributed by atoms with Crippen LogP contribution in [-0.2, 0) is 25.2 Å². The van der Waals surface area contributed by atoms with Gasteiger partial charge in [-0.05, 0) is 30.7 Å². The van der Waals surface area contributed by atoms with E-state index >= 15 is 0 Å². The van der Waals surface area contributed by atoms with Crippen molar-refractivity contribution in [1.29, 1.82) is 0 Å². The second-order valence-corrected chi connectivity index (χ2v) is 7.38. The van der Waals surface area contributed by atoms with Crippen molar-refractivity contribution in [2.45, 2.75) is 25.4 Å². The number of nitrogens with two attached hydrogens (primary N) is 1. The van der Waals surface area contributed by atoms with Gasteiger partial charge in [0, 0.05) is 17.7 Å². The number of hydrogen-bond acceptors (Lipinski definition) is 11. The topological polar surface area (TPSA) is 191 Å². The molecule has 15 heteroatoms. The minimum absolute atomic E-state index is 0.0174. The van der Waals surface area contributed by atoms with Gasteiger partial charge in [0.1, 0.15) is 6.04 Å². The Kier molecular flexibility index (Phi) is 8.39. The summed E-state index contributed by atoms with van der Waals surface area (Å²) in [4.78, 5) is 62.3. The lowest BCUT2D eigenvalue weighted by Crippen LogP contribution is -2.41. The maximum absolute atomic E-state index is 12.5. The highest BCUT2D eigenvalue weighted by molar-refractivity contribution is 7.11. The van der Waals surface area contributed by atoms with Gasteiger partial charge in [-0.3, -0.25) is 19.4 Å². The van der Waals surface area contributed by atoms with E-state index in [1.54, 1.807) is 24.3 Å². The van der Waals surface area contributed by atoms with Crippen LogP contribution in [0, 0.1) is 0 Å². The molecule has 34 heavy (non-hydrogen) atoms. The maximum Gasteiger partial charge on any atom is 0.330 e. The van der Waals surface area contributed by atoms with Crippen LogP contribution in [0.1, 0.15) is 28.9 Å². The molecule has 0 radical (unpaired) electrons. The first-order chi connectivity index (χ1) is 16.3. The van der Waals surface area contributed by atoms with E-state index in [9.17, 15) is 19.2 Å². The second-order valence-electron chi connectivity index (χ2n) is 6.91. The normalized spacial score (nSPS) is 11.5. The molecule has 5 N–H and O–H groups in total. The molecular formula is C19H21N7O6P2. The minimum atomic E-state index is -1.02. The van der Waals surface area contributed by atoms with Crippen LogP contribution < -0.4 is 21.9 Å². The Hall–Kier alpha value is -3.69. The van der Waals surface area contributed by atoms with Crippen LogP contribution in [0.5, 0.6) is 0 Å². The van der Waals surface area contributed by atoms with Gasteiger partial charge in [-0.15, -0.1) is 0 Å². The number of amides is 1. The van der Waals surface area contributed by atoms with Gasteiger partial charge in [0.2, 0.25) is 5.95 Å². The summed E-state index contributed by atoms with van der Waals surface area (Å²) in [5.41, 5.74) is 6.69. The Bertz CT molecular complexity index is 1270. The fourth-order valence-electron chi connectivity index (χ4n) is 2.88. The van der Waals surface area contributed by atoms with E-state index in [1.165, 1.54) is 6.20 Å². The van der Waals surface area contributed by atoms with Crippen LogP contribution in [0.15, 0.2) is 35.3 Å². The molecule has 1 aromatic carbocycles. The second kappa shape index (κ2) is 11.4. The van der Waals surface area contributed by atoms with Crippen molar-refractivity contribution >= 4 is 59.6 Å². The van der Waals surface area contributed by atoms with Gasteiger partial charge < -0.3 is 25.4 Å². The first kappa shape index (κ1) is 24.9. The molecule has 0 aliphatic carbocycles. The summed E-state index contributed by atoms with van der Waals surface area (Å²) in [5, 5.41) is 5.65. The van der Waals surface area contributed by atoms with Crippen molar-refractivity contribution in [2.24, 2.45) is 0 Å². The number of nitrogens with one attached hydrogen (secondary N) is 3. The first-order valence-corrected chi connectivity index (χ1v) is 10.7. The number of hydrogen-bond donors (Lipinski definition) is 4. The molecule has 0 bridgehead atoms. The number of aromatic amines is 1. The van der Waals surface area contributed by atoms with Crippen molar-refractivity contribution in [3.05, 3.63) is 52.1 Å². The number of aromatic nitrogens is 4. The molecule has 2 aromatic heterocycles. The Balaban J connectivity index is 1.62. The summed E-state index contributed by atoms with van der Waals surface area (Å²) < 4.78 is 9.07. The highest BCUT2D eigenvalue weighted by Crippen LogP contribution is 2.13. The highest BCUT2D eigenvalue weighted by Gasteiger charge is 2.23. The Morgan fingerprint density at radius 2 is 1.85 bits per heavy atom. The number of carbonyl (C=O) groups excluding carboxylic acids is 3. The molecular weight excluding hydrogens is 484 g/mol. The molecule has 0 aliphatic rings. The third kappa shape index (κ3) is 6.43. The third-order valence-electron chi connectivity index (χ3n) is 4.58. The molecule has 178 valence electrons. The number of fused-ring (bicyclic) bond motifs is 1. The molecule has 3 rings (SSSR count). The number of rotatable bonds is 9. The van der Waals surface area contributed by atoms with Crippen molar-refractivity contribution in [1.82, 2.24) is 25.3 Å². The monoisotopic (exact) mass is 505 g/mol. The van der Waals surface area contributed by atoms with E-state index in [0.717, 1.165) is 0 Å². The van der Waals surface area contributed by atoms with E-state index in [-0.39, 0.29) is 36.5 Å². The zero-order valence-corrected chi connectivity index (χ0v) is 19.9. The molecule has 0 saturated carbocycles. The Morgan fingerprint density at radius 3 is 2.53 bits per heavy atom. The predicted octanol–water partition coefficient (Wildman–Crippen LogP) is 0.453. The van der Waals surface area contributed by atoms with E-state index < -0.39 is 29.4 Å². The van der Waals surface area contributed by atoms with Gasteiger partial charge >= 0.3 is 11.9 Å². The van der Waals surface area contributed by atoms with Gasteiger partial charge in [0.25, 0.3) is 11.5 Å². The highest BCUT2D eigenvalue weighted by atomic mass is 31.0. The smallest absolute Gasteiger partial charge is 0.330 e. The fourth-order valence-corrected chi connectivity index (χ4v) is 3.16. The van der Waals surface area contributed by atoms with Gasteiger partial charge in [0.15, 0.2) is 11.2 Å². The third-order valence-corrected chi connectivity index (χ3v) is 5.08. The lowest BCUT2D eigenvalue weighted by atomic mass is 10.1. The summed E-state index contributed by atoms with van der Waals surface area (Å²) in [5.74, 6) is -1.81.